The van der Waals surface area contributed by atoms with E-state index in [1.807, 2.05) is 0 Å². The maximum atomic E-state index is 5.39. The number of nitrogens with two attached hydrogens (primary N) is 2. The van der Waals surface area contributed by atoms with Crippen LogP contribution in [0.5, 0.6) is 0 Å². The van der Waals surface area contributed by atoms with Gasteiger partial charge in [-0.15, -0.1) is 0 Å². The first-order valence-electron chi connectivity index (χ1n) is 7.09. The fourth-order valence-electron chi connectivity index (χ4n) is 1.28. The van der Waals surface area contributed by atoms with Gasteiger partial charge in [0, 0.05) is 0 Å². The van der Waals surface area contributed by atoms with Crippen LogP contribution in [0.4, 0.5) is 0 Å². The van der Waals surface area contributed by atoms with E-state index in [9.17, 15) is 0 Å². The van der Waals surface area contributed by atoms with Gasteiger partial charge in [-0.2, -0.15) is 0 Å². The monoisotopic (exact) mass is 230 g/mol. The van der Waals surface area contributed by atoms with Crippen LogP contribution < -0.4 is 11.5 Å². The molecule has 2 nitrogen and oxygen atoms in total. The Hall–Kier alpha value is -0.0800. The largest absolute Gasteiger partial charge is 0.330 e. The van der Waals surface area contributed by atoms with Crippen molar-refractivity contribution in [1.82, 2.24) is 0 Å². The van der Waals surface area contributed by atoms with Gasteiger partial charge in [-0.25, -0.2) is 0 Å². The highest BCUT2D eigenvalue weighted by Crippen LogP contribution is 2.07. The van der Waals surface area contributed by atoms with E-state index in [0.717, 1.165) is 13.1 Å². The maximum Gasteiger partial charge on any atom is -0.00541 e. The molecule has 2 heteroatoms. The van der Waals surface area contributed by atoms with Crippen molar-refractivity contribution in [2.75, 3.05) is 13.1 Å². The summed E-state index contributed by atoms with van der Waals surface area (Å²) in [7, 11) is 0. The average molecular weight is 230 g/mol. The highest BCUT2D eigenvalue weighted by molar-refractivity contribution is 4.45. The summed E-state index contributed by atoms with van der Waals surface area (Å²) in [6, 6.07) is 0. The molecule has 0 spiro atoms. The minimum atomic E-state index is 0.662. The Bertz CT molecular complexity index is 94.9. The minimum Gasteiger partial charge on any atom is -0.330 e. The molecule has 16 heavy (non-hydrogen) atoms. The van der Waals surface area contributed by atoms with Crippen LogP contribution in [-0.2, 0) is 0 Å². The van der Waals surface area contributed by atoms with Gasteiger partial charge in [0.1, 0.15) is 0 Å². The highest BCUT2D eigenvalue weighted by atomic mass is 14.5. The number of hydrogen-bond donors (Lipinski definition) is 2. The molecule has 0 aromatic heterocycles. The minimum absolute atomic E-state index is 0.662. The van der Waals surface area contributed by atoms with Crippen molar-refractivity contribution in [3.8, 4) is 0 Å². The maximum absolute atomic E-state index is 5.39. The van der Waals surface area contributed by atoms with E-state index in [0.29, 0.717) is 5.92 Å². The van der Waals surface area contributed by atoms with Gasteiger partial charge >= 0.3 is 0 Å². The zero-order chi connectivity index (χ0) is 12.6. The Balaban J connectivity index is 0. The van der Waals surface area contributed by atoms with Crippen molar-refractivity contribution in [3.63, 3.8) is 0 Å². The molecule has 0 heterocycles. The molecule has 0 amide bonds. The Morgan fingerprint density at radius 2 is 1.12 bits per heavy atom. The van der Waals surface area contributed by atoms with Gasteiger partial charge < -0.3 is 11.5 Å². The molecule has 0 saturated heterocycles. The third kappa shape index (κ3) is 23.6. The molecule has 0 fully saturated rings. The van der Waals surface area contributed by atoms with E-state index >= 15 is 0 Å². The van der Waals surface area contributed by atoms with Crippen LogP contribution in [0.25, 0.3) is 0 Å². The molecule has 4 N–H and O–H groups in total. The lowest BCUT2D eigenvalue weighted by molar-refractivity contribution is 0.578. The van der Waals surface area contributed by atoms with Crippen LogP contribution in [0.2, 0.25) is 0 Å². The van der Waals surface area contributed by atoms with E-state index in [4.69, 9.17) is 11.5 Å². The van der Waals surface area contributed by atoms with Gasteiger partial charge in [0.2, 0.25) is 0 Å². The third-order valence-corrected chi connectivity index (χ3v) is 2.53. The third-order valence-electron chi connectivity index (χ3n) is 2.53. The second kappa shape index (κ2) is 17.3. The summed E-state index contributed by atoms with van der Waals surface area (Å²) in [6.45, 7) is 8.13. The molecule has 0 bridgehead atoms. The van der Waals surface area contributed by atoms with Crippen molar-refractivity contribution in [1.29, 1.82) is 0 Å². The first-order valence-corrected chi connectivity index (χ1v) is 7.09. The summed E-state index contributed by atoms with van der Waals surface area (Å²) in [5.41, 5.74) is 10.6. The highest BCUT2D eigenvalue weighted by Gasteiger charge is 1.89. The molecule has 0 rings (SSSR count). The summed E-state index contributed by atoms with van der Waals surface area (Å²) in [5, 5.41) is 0. The first-order chi connectivity index (χ1) is 7.68. The van der Waals surface area contributed by atoms with Gasteiger partial charge in [-0.3, -0.25) is 0 Å². The molecule has 0 aliphatic carbocycles. The first kappa shape index (κ1) is 18.3. The zero-order valence-electron chi connectivity index (χ0n) is 11.8. The van der Waals surface area contributed by atoms with Crippen LogP contribution in [-0.4, -0.2) is 13.1 Å². The second-order valence-electron chi connectivity index (χ2n) is 4.89. The lowest BCUT2D eigenvalue weighted by Gasteiger charge is -1.99. The van der Waals surface area contributed by atoms with E-state index in [-0.39, 0.29) is 0 Å². The van der Waals surface area contributed by atoms with Crippen molar-refractivity contribution in [2.24, 2.45) is 17.4 Å². The zero-order valence-corrected chi connectivity index (χ0v) is 11.8. The second-order valence-corrected chi connectivity index (χ2v) is 4.89. The lowest BCUT2D eigenvalue weighted by Crippen LogP contribution is -2.05. The van der Waals surface area contributed by atoms with Crippen molar-refractivity contribution in [3.05, 3.63) is 0 Å². The van der Waals surface area contributed by atoms with Crippen LogP contribution in [0.15, 0.2) is 0 Å². The van der Waals surface area contributed by atoms with Crippen LogP contribution >= 0.6 is 0 Å². The number of unbranched alkanes of at least 4 members (excludes halogenated alkanes) is 7. The van der Waals surface area contributed by atoms with Gasteiger partial charge in [0.15, 0.2) is 0 Å². The molecule has 0 saturated carbocycles. The van der Waals surface area contributed by atoms with Crippen LogP contribution in [0, 0.1) is 5.92 Å². The Kier molecular flexibility index (Phi) is 19.8. The predicted molar refractivity (Wildman–Crippen MR) is 75.6 cm³/mol. The summed E-state index contributed by atoms with van der Waals surface area (Å²) >= 11 is 0. The van der Waals surface area contributed by atoms with E-state index in [1.54, 1.807) is 0 Å². The molecule has 0 aliphatic heterocycles. The van der Waals surface area contributed by atoms with Crippen molar-refractivity contribution < 1.29 is 0 Å². The fraction of sp³-hybridized carbons (Fsp3) is 1.00. The fourth-order valence-corrected chi connectivity index (χ4v) is 1.28. The molecule has 100 valence electrons. The van der Waals surface area contributed by atoms with Gasteiger partial charge in [0.25, 0.3) is 0 Å². The topological polar surface area (TPSA) is 52.0 Å². The van der Waals surface area contributed by atoms with Crippen LogP contribution in [0.3, 0.4) is 0 Å². The summed E-state index contributed by atoms with van der Waals surface area (Å²) in [4.78, 5) is 0. The van der Waals surface area contributed by atoms with Crippen LogP contribution in [0.1, 0.15) is 72.1 Å². The molecule has 0 unspecified atom stereocenters. The Labute approximate surface area is 103 Å². The Morgan fingerprint density at radius 1 is 0.750 bits per heavy atom. The van der Waals surface area contributed by atoms with E-state index in [2.05, 4.69) is 20.8 Å². The molecule has 0 aliphatic rings. The lowest BCUT2D eigenvalue weighted by atomic mass is 10.1. The molecule has 0 radical (unpaired) electrons. The van der Waals surface area contributed by atoms with E-state index in [1.165, 1.54) is 51.4 Å². The van der Waals surface area contributed by atoms with Gasteiger partial charge in [-0.05, 0) is 25.4 Å². The molecule has 0 aromatic carbocycles. The SMILES string of the molecule is CC(C)CN.CCCCCCCCCCN. The molecule has 0 atom stereocenters. The predicted octanol–water partition coefficient (Wildman–Crippen LogP) is 3.69. The normalized spacial score (nSPS) is 10.1. The molecular weight excluding hydrogens is 196 g/mol. The number of hydrogen-bond acceptors (Lipinski definition) is 2. The van der Waals surface area contributed by atoms with Crippen molar-refractivity contribution >= 4 is 0 Å². The summed E-state index contributed by atoms with van der Waals surface area (Å²) in [6.07, 6.45) is 11.0. The van der Waals surface area contributed by atoms with Gasteiger partial charge in [0.05, 0.1) is 0 Å². The average Bonchev–Trinajstić information content (AvgIpc) is 2.29. The molecule has 0 aromatic rings. The number of rotatable bonds is 9. The quantitative estimate of drug-likeness (QED) is 0.594. The summed E-state index contributed by atoms with van der Waals surface area (Å²) in [5.74, 6) is 0.662. The standard InChI is InChI=1S/C10H23N.C4H11N/c1-2-3-4-5-6-7-8-9-10-11;1-4(2)3-5/h2-11H2,1H3;4H,3,5H2,1-2H3. The smallest absolute Gasteiger partial charge is 0.00541 e. The summed E-state index contributed by atoms with van der Waals surface area (Å²) < 4.78 is 0. The van der Waals surface area contributed by atoms with Crippen molar-refractivity contribution in [2.45, 2.75) is 72.1 Å². The van der Waals surface area contributed by atoms with Gasteiger partial charge in [-0.1, -0.05) is 65.7 Å². The van der Waals surface area contributed by atoms with E-state index < -0.39 is 0 Å². The Morgan fingerprint density at radius 3 is 1.44 bits per heavy atom. The molecular formula is C14H34N2.